The molecule has 19 heavy (non-hydrogen) atoms. The predicted molar refractivity (Wildman–Crippen MR) is 70.2 cm³/mol. The van der Waals surface area contributed by atoms with Crippen LogP contribution in [0, 0.1) is 12.3 Å². The fraction of sp³-hybridized carbons (Fsp3) is 0.615. The van der Waals surface area contributed by atoms with Crippen LogP contribution in [0.15, 0.2) is 6.20 Å². The van der Waals surface area contributed by atoms with E-state index in [2.05, 4.69) is 9.97 Å². The molecule has 0 bridgehead atoms. The SMILES string of the molecule is Cc1ncc(Cl)c(C(=O)N2CC[C@@]3(CCOC3)C2)n1. The zero-order valence-corrected chi connectivity index (χ0v) is 11.6. The van der Waals surface area contributed by atoms with Crippen LogP contribution in [0.25, 0.3) is 0 Å². The van der Waals surface area contributed by atoms with Crippen molar-refractivity contribution in [3.05, 3.63) is 22.7 Å². The van der Waals surface area contributed by atoms with Crippen molar-refractivity contribution < 1.29 is 9.53 Å². The average molecular weight is 282 g/mol. The van der Waals surface area contributed by atoms with Gasteiger partial charge in [-0.3, -0.25) is 4.79 Å². The number of carbonyl (C=O) groups is 1. The molecule has 6 heteroatoms. The van der Waals surface area contributed by atoms with Gasteiger partial charge in [0.05, 0.1) is 17.8 Å². The second-order valence-corrected chi connectivity index (χ2v) is 5.80. The van der Waals surface area contributed by atoms with E-state index in [9.17, 15) is 4.79 Å². The molecule has 0 radical (unpaired) electrons. The number of aryl methyl sites for hydroxylation is 1. The van der Waals surface area contributed by atoms with E-state index >= 15 is 0 Å². The molecule has 1 atom stereocenters. The van der Waals surface area contributed by atoms with Crippen LogP contribution in [-0.2, 0) is 4.74 Å². The largest absolute Gasteiger partial charge is 0.381 e. The molecule has 1 spiro atoms. The Morgan fingerprint density at radius 2 is 2.37 bits per heavy atom. The maximum absolute atomic E-state index is 12.5. The van der Waals surface area contributed by atoms with E-state index < -0.39 is 0 Å². The maximum atomic E-state index is 12.5. The van der Waals surface area contributed by atoms with Crippen LogP contribution in [0.5, 0.6) is 0 Å². The van der Waals surface area contributed by atoms with Gasteiger partial charge in [0.2, 0.25) is 0 Å². The van der Waals surface area contributed by atoms with E-state index in [1.807, 2.05) is 4.90 Å². The molecular weight excluding hydrogens is 266 g/mol. The van der Waals surface area contributed by atoms with Gasteiger partial charge < -0.3 is 9.64 Å². The Balaban J connectivity index is 1.79. The number of halogens is 1. The third-order valence-electron chi connectivity index (χ3n) is 3.98. The summed E-state index contributed by atoms with van der Waals surface area (Å²) in [6.45, 7) is 4.80. The molecular formula is C13H16ClN3O2. The van der Waals surface area contributed by atoms with E-state index in [4.69, 9.17) is 16.3 Å². The number of rotatable bonds is 1. The average Bonchev–Trinajstić information content (AvgIpc) is 3.03. The highest BCUT2D eigenvalue weighted by Gasteiger charge is 2.43. The van der Waals surface area contributed by atoms with Gasteiger partial charge in [-0.15, -0.1) is 0 Å². The van der Waals surface area contributed by atoms with Crippen molar-refractivity contribution in [2.24, 2.45) is 5.41 Å². The summed E-state index contributed by atoms with van der Waals surface area (Å²) in [7, 11) is 0. The molecule has 0 saturated carbocycles. The minimum Gasteiger partial charge on any atom is -0.381 e. The quantitative estimate of drug-likeness (QED) is 0.786. The van der Waals surface area contributed by atoms with Crippen LogP contribution in [0.2, 0.25) is 5.02 Å². The molecule has 0 aliphatic carbocycles. The number of likely N-dealkylation sites (tertiary alicyclic amines) is 1. The monoisotopic (exact) mass is 281 g/mol. The van der Waals surface area contributed by atoms with Gasteiger partial charge in [0.15, 0.2) is 5.69 Å². The smallest absolute Gasteiger partial charge is 0.274 e. The van der Waals surface area contributed by atoms with Gasteiger partial charge in [-0.2, -0.15) is 0 Å². The molecule has 0 N–H and O–H groups in total. The van der Waals surface area contributed by atoms with E-state index in [-0.39, 0.29) is 11.3 Å². The Labute approximate surface area is 116 Å². The van der Waals surface area contributed by atoms with Gasteiger partial charge >= 0.3 is 0 Å². The van der Waals surface area contributed by atoms with Crippen molar-refractivity contribution in [1.82, 2.24) is 14.9 Å². The minimum atomic E-state index is -0.0979. The van der Waals surface area contributed by atoms with Crippen LogP contribution in [-0.4, -0.2) is 47.1 Å². The first-order valence-corrected chi connectivity index (χ1v) is 6.84. The third-order valence-corrected chi connectivity index (χ3v) is 4.25. The number of aromatic nitrogens is 2. The summed E-state index contributed by atoms with van der Waals surface area (Å²) in [6.07, 6.45) is 3.52. The normalized spacial score (nSPS) is 26.3. The van der Waals surface area contributed by atoms with Crippen LogP contribution in [0.4, 0.5) is 0 Å². The maximum Gasteiger partial charge on any atom is 0.274 e. The summed E-state index contributed by atoms with van der Waals surface area (Å²) < 4.78 is 5.47. The number of amides is 1. The lowest BCUT2D eigenvalue weighted by Crippen LogP contribution is -2.33. The molecule has 2 aliphatic rings. The van der Waals surface area contributed by atoms with Crippen molar-refractivity contribution in [2.45, 2.75) is 19.8 Å². The standard InChI is InChI=1S/C13H16ClN3O2/c1-9-15-6-10(14)11(16-9)12(18)17-4-2-13(7-17)3-5-19-8-13/h6H,2-5,7-8H2,1H3/t13-/m1/s1. The van der Waals surface area contributed by atoms with E-state index in [1.165, 1.54) is 6.20 Å². The zero-order chi connectivity index (χ0) is 13.5. The number of hydrogen-bond acceptors (Lipinski definition) is 4. The molecule has 2 aliphatic heterocycles. The first-order chi connectivity index (χ1) is 9.10. The van der Waals surface area contributed by atoms with Gasteiger partial charge in [-0.1, -0.05) is 11.6 Å². The molecule has 1 amide bonds. The number of carbonyl (C=O) groups excluding carboxylic acids is 1. The molecule has 0 unspecified atom stereocenters. The highest BCUT2D eigenvalue weighted by atomic mass is 35.5. The lowest BCUT2D eigenvalue weighted by atomic mass is 9.87. The lowest BCUT2D eigenvalue weighted by Gasteiger charge is -2.22. The van der Waals surface area contributed by atoms with Crippen LogP contribution in [0.3, 0.4) is 0 Å². The fourth-order valence-corrected chi connectivity index (χ4v) is 3.01. The number of ether oxygens (including phenoxy) is 1. The van der Waals surface area contributed by atoms with Crippen molar-refractivity contribution in [1.29, 1.82) is 0 Å². The predicted octanol–water partition coefficient (Wildman–Crippen LogP) is 1.69. The van der Waals surface area contributed by atoms with Gasteiger partial charge in [0.25, 0.3) is 5.91 Å². The summed E-state index contributed by atoms with van der Waals surface area (Å²) >= 11 is 6.02. The Morgan fingerprint density at radius 3 is 3.11 bits per heavy atom. The Hall–Kier alpha value is -1.20. The van der Waals surface area contributed by atoms with Gasteiger partial charge in [0, 0.05) is 25.1 Å². The topological polar surface area (TPSA) is 55.3 Å². The highest BCUT2D eigenvalue weighted by molar-refractivity contribution is 6.33. The number of hydrogen-bond donors (Lipinski definition) is 0. The Kier molecular flexibility index (Phi) is 3.19. The van der Waals surface area contributed by atoms with Gasteiger partial charge in [-0.05, 0) is 19.8 Å². The highest BCUT2D eigenvalue weighted by Crippen LogP contribution is 2.38. The molecule has 5 nitrogen and oxygen atoms in total. The number of nitrogens with zero attached hydrogens (tertiary/aromatic N) is 3. The summed E-state index contributed by atoms with van der Waals surface area (Å²) in [5.74, 6) is 0.463. The van der Waals surface area contributed by atoms with Crippen molar-refractivity contribution in [3.63, 3.8) is 0 Å². The second kappa shape index (κ2) is 4.72. The second-order valence-electron chi connectivity index (χ2n) is 5.39. The first kappa shape index (κ1) is 12.8. The van der Waals surface area contributed by atoms with E-state index in [1.54, 1.807) is 6.92 Å². The first-order valence-electron chi connectivity index (χ1n) is 6.46. The summed E-state index contributed by atoms with van der Waals surface area (Å²) in [5, 5.41) is 0.319. The zero-order valence-electron chi connectivity index (χ0n) is 10.9. The van der Waals surface area contributed by atoms with Gasteiger partial charge in [0.1, 0.15) is 5.82 Å². The molecule has 2 fully saturated rings. The molecule has 1 aromatic rings. The fourth-order valence-electron chi connectivity index (χ4n) is 2.83. The van der Waals surface area contributed by atoms with Gasteiger partial charge in [-0.25, -0.2) is 9.97 Å². The van der Waals surface area contributed by atoms with Crippen LogP contribution >= 0.6 is 11.6 Å². The van der Waals surface area contributed by atoms with Crippen molar-refractivity contribution >= 4 is 17.5 Å². The lowest BCUT2D eigenvalue weighted by molar-refractivity contribution is 0.0759. The summed E-state index contributed by atoms with van der Waals surface area (Å²) in [6, 6.07) is 0. The van der Waals surface area contributed by atoms with Crippen LogP contribution < -0.4 is 0 Å². The van der Waals surface area contributed by atoms with Crippen LogP contribution in [0.1, 0.15) is 29.2 Å². The van der Waals surface area contributed by atoms with Crippen molar-refractivity contribution in [2.75, 3.05) is 26.3 Å². The Morgan fingerprint density at radius 1 is 1.53 bits per heavy atom. The van der Waals surface area contributed by atoms with E-state index in [0.29, 0.717) is 16.5 Å². The molecule has 3 heterocycles. The Bertz CT molecular complexity index is 515. The molecule has 102 valence electrons. The molecule has 2 saturated heterocycles. The van der Waals surface area contributed by atoms with E-state index in [0.717, 1.165) is 39.1 Å². The van der Waals surface area contributed by atoms with Crippen molar-refractivity contribution in [3.8, 4) is 0 Å². The molecule has 1 aromatic heterocycles. The summed E-state index contributed by atoms with van der Waals surface area (Å²) in [4.78, 5) is 22.5. The molecule has 0 aromatic carbocycles. The summed E-state index contributed by atoms with van der Waals surface area (Å²) in [5.41, 5.74) is 0.467. The third kappa shape index (κ3) is 2.32. The molecule has 3 rings (SSSR count). The minimum absolute atomic E-state index is 0.0979.